The highest BCUT2D eigenvalue weighted by Crippen LogP contribution is 2.14. The standard InChI is InChI=1S/C15H21N3O2S2/c1-4-11(9-21-3)17(2)13(19)5-7-18-10-16-14-12(15(18)20)6-8-22-14/h6,8,10-11H,4-5,7,9H2,1-3H3. The normalized spacial score (nSPS) is 12.5. The Balaban J connectivity index is 2.03. The SMILES string of the molecule is CCC(CSC)N(C)C(=O)CCn1cnc2sccc2c1=O. The zero-order valence-electron chi connectivity index (χ0n) is 13.1. The van der Waals surface area contributed by atoms with Gasteiger partial charge in [-0.3, -0.25) is 14.2 Å². The molecule has 2 rings (SSSR count). The van der Waals surface area contributed by atoms with E-state index in [0.29, 0.717) is 18.4 Å². The number of amides is 1. The minimum Gasteiger partial charge on any atom is -0.342 e. The molecule has 0 spiro atoms. The van der Waals surface area contributed by atoms with Crippen LogP contribution in [0, 0.1) is 0 Å². The molecule has 0 aliphatic rings. The van der Waals surface area contributed by atoms with E-state index in [1.165, 1.54) is 22.2 Å². The van der Waals surface area contributed by atoms with E-state index in [-0.39, 0.29) is 17.5 Å². The number of carbonyl (C=O) groups excluding carboxylic acids is 1. The average Bonchev–Trinajstić information content (AvgIpc) is 3.00. The Morgan fingerprint density at radius 3 is 3.00 bits per heavy atom. The molecular weight excluding hydrogens is 318 g/mol. The first kappa shape index (κ1) is 17.0. The Hall–Kier alpha value is -1.34. The highest BCUT2D eigenvalue weighted by Gasteiger charge is 2.18. The van der Waals surface area contributed by atoms with Gasteiger partial charge in [0.25, 0.3) is 5.56 Å². The molecule has 0 saturated carbocycles. The molecule has 5 nitrogen and oxygen atoms in total. The molecule has 0 aliphatic heterocycles. The molecule has 0 aliphatic carbocycles. The summed E-state index contributed by atoms with van der Waals surface area (Å²) in [6, 6.07) is 2.03. The molecule has 0 fully saturated rings. The van der Waals surface area contributed by atoms with Gasteiger partial charge in [-0.25, -0.2) is 4.98 Å². The molecule has 7 heteroatoms. The Kier molecular flexibility index (Phi) is 6.02. The van der Waals surface area contributed by atoms with Crippen molar-refractivity contribution in [2.24, 2.45) is 0 Å². The molecule has 1 unspecified atom stereocenters. The topological polar surface area (TPSA) is 55.2 Å². The minimum absolute atomic E-state index is 0.0678. The number of nitrogens with zero attached hydrogens (tertiary/aromatic N) is 3. The van der Waals surface area contributed by atoms with Crippen molar-refractivity contribution >= 4 is 39.2 Å². The molecule has 120 valence electrons. The molecule has 0 aromatic carbocycles. The van der Waals surface area contributed by atoms with Gasteiger partial charge < -0.3 is 4.90 Å². The molecule has 2 heterocycles. The van der Waals surface area contributed by atoms with Gasteiger partial charge in [0.05, 0.1) is 11.7 Å². The molecule has 0 radical (unpaired) electrons. The molecule has 0 bridgehead atoms. The molecule has 1 atom stereocenters. The molecule has 2 aromatic heterocycles. The van der Waals surface area contributed by atoms with Crippen LogP contribution in [-0.4, -0.2) is 45.5 Å². The summed E-state index contributed by atoms with van der Waals surface area (Å²) < 4.78 is 1.52. The van der Waals surface area contributed by atoms with Crippen LogP contribution in [-0.2, 0) is 11.3 Å². The third-order valence-electron chi connectivity index (χ3n) is 3.79. The number of carbonyl (C=O) groups is 1. The summed E-state index contributed by atoms with van der Waals surface area (Å²) in [4.78, 5) is 31.4. The third-order valence-corrected chi connectivity index (χ3v) is 5.33. The number of rotatable bonds is 7. The van der Waals surface area contributed by atoms with Crippen molar-refractivity contribution in [3.63, 3.8) is 0 Å². The van der Waals surface area contributed by atoms with Crippen molar-refractivity contribution in [1.82, 2.24) is 14.5 Å². The van der Waals surface area contributed by atoms with Gasteiger partial charge in [-0.2, -0.15) is 11.8 Å². The number of thiophene rings is 1. The maximum Gasteiger partial charge on any atom is 0.262 e. The van der Waals surface area contributed by atoms with Gasteiger partial charge in [0, 0.05) is 31.8 Å². The average molecular weight is 339 g/mol. The Morgan fingerprint density at radius 1 is 1.55 bits per heavy atom. The highest BCUT2D eigenvalue weighted by molar-refractivity contribution is 7.98. The zero-order valence-corrected chi connectivity index (χ0v) is 14.7. The fourth-order valence-electron chi connectivity index (χ4n) is 2.34. The van der Waals surface area contributed by atoms with Gasteiger partial charge >= 0.3 is 0 Å². The highest BCUT2D eigenvalue weighted by atomic mass is 32.2. The van der Waals surface area contributed by atoms with Crippen LogP contribution in [0.4, 0.5) is 0 Å². The molecule has 0 saturated heterocycles. The predicted octanol–water partition coefficient (Wildman–Crippen LogP) is 2.45. The lowest BCUT2D eigenvalue weighted by Gasteiger charge is -2.26. The van der Waals surface area contributed by atoms with Crippen molar-refractivity contribution in [2.45, 2.75) is 32.4 Å². The summed E-state index contributed by atoms with van der Waals surface area (Å²) in [5.41, 5.74) is -0.0714. The number of aromatic nitrogens is 2. The largest absolute Gasteiger partial charge is 0.342 e. The van der Waals surface area contributed by atoms with Crippen LogP contribution in [0.3, 0.4) is 0 Å². The van der Waals surface area contributed by atoms with Crippen molar-refractivity contribution in [3.8, 4) is 0 Å². The second kappa shape index (κ2) is 7.78. The summed E-state index contributed by atoms with van der Waals surface area (Å²) in [6.45, 7) is 2.46. The molecule has 0 N–H and O–H groups in total. The van der Waals surface area contributed by atoms with Crippen molar-refractivity contribution in [1.29, 1.82) is 0 Å². The minimum atomic E-state index is -0.0714. The second-order valence-corrected chi connectivity index (χ2v) is 6.96. The van der Waals surface area contributed by atoms with Gasteiger partial charge in [0.2, 0.25) is 5.91 Å². The van der Waals surface area contributed by atoms with Gasteiger partial charge in [-0.15, -0.1) is 11.3 Å². The monoisotopic (exact) mass is 339 g/mol. The zero-order chi connectivity index (χ0) is 16.1. The molecule has 2 aromatic rings. The van der Waals surface area contributed by atoms with Crippen molar-refractivity contribution in [3.05, 3.63) is 28.1 Å². The summed E-state index contributed by atoms with van der Waals surface area (Å²) in [6.07, 6.45) is 4.83. The number of aryl methyl sites for hydroxylation is 1. The Morgan fingerprint density at radius 2 is 2.32 bits per heavy atom. The number of hydrogen-bond donors (Lipinski definition) is 0. The second-order valence-electron chi connectivity index (χ2n) is 5.15. The first-order chi connectivity index (χ1) is 10.6. The van der Waals surface area contributed by atoms with Crippen molar-refractivity contribution < 1.29 is 4.79 Å². The lowest BCUT2D eigenvalue weighted by Crippen LogP contribution is -2.39. The van der Waals surface area contributed by atoms with Crippen LogP contribution in [0.15, 0.2) is 22.6 Å². The summed E-state index contributed by atoms with van der Waals surface area (Å²) in [7, 11) is 1.84. The summed E-state index contributed by atoms with van der Waals surface area (Å²) in [5.74, 6) is 0.999. The first-order valence-corrected chi connectivity index (χ1v) is 9.53. The van der Waals surface area contributed by atoms with E-state index in [4.69, 9.17) is 0 Å². The van der Waals surface area contributed by atoms with E-state index in [2.05, 4.69) is 11.9 Å². The predicted molar refractivity (Wildman–Crippen MR) is 93.7 cm³/mol. The van der Waals surface area contributed by atoms with Gasteiger partial charge in [0.15, 0.2) is 0 Å². The van der Waals surface area contributed by atoms with E-state index in [9.17, 15) is 9.59 Å². The smallest absolute Gasteiger partial charge is 0.262 e. The van der Waals surface area contributed by atoms with E-state index < -0.39 is 0 Å². The molecule has 1 amide bonds. The van der Waals surface area contributed by atoms with Crippen LogP contribution in [0.2, 0.25) is 0 Å². The Labute approximate surface area is 138 Å². The lowest BCUT2D eigenvalue weighted by atomic mass is 10.2. The molecule has 22 heavy (non-hydrogen) atoms. The van der Waals surface area contributed by atoms with Gasteiger partial charge in [-0.05, 0) is 24.1 Å². The number of fused-ring (bicyclic) bond motifs is 1. The van der Waals surface area contributed by atoms with Gasteiger partial charge in [-0.1, -0.05) is 6.92 Å². The maximum atomic E-state index is 12.3. The van der Waals surface area contributed by atoms with Crippen molar-refractivity contribution in [2.75, 3.05) is 19.1 Å². The fourth-order valence-corrected chi connectivity index (χ4v) is 3.91. The summed E-state index contributed by atoms with van der Waals surface area (Å²) >= 11 is 3.19. The van der Waals surface area contributed by atoms with E-state index >= 15 is 0 Å². The quantitative estimate of drug-likeness (QED) is 0.777. The number of hydrogen-bond acceptors (Lipinski definition) is 5. The maximum absolute atomic E-state index is 12.3. The van der Waals surface area contributed by atoms with Gasteiger partial charge in [0.1, 0.15) is 4.83 Å². The van der Waals surface area contributed by atoms with Crippen LogP contribution in [0.25, 0.3) is 10.2 Å². The van der Waals surface area contributed by atoms with Crippen LogP contribution >= 0.6 is 23.1 Å². The van der Waals surface area contributed by atoms with E-state index in [1.54, 1.807) is 22.7 Å². The van der Waals surface area contributed by atoms with E-state index in [0.717, 1.165) is 17.0 Å². The number of thioether (sulfide) groups is 1. The van der Waals surface area contributed by atoms with Crippen LogP contribution in [0.5, 0.6) is 0 Å². The lowest BCUT2D eigenvalue weighted by molar-refractivity contribution is -0.131. The van der Waals surface area contributed by atoms with Crippen LogP contribution < -0.4 is 5.56 Å². The third kappa shape index (κ3) is 3.70. The first-order valence-electron chi connectivity index (χ1n) is 7.25. The fraction of sp³-hybridized carbons (Fsp3) is 0.533. The van der Waals surface area contributed by atoms with Crippen LogP contribution in [0.1, 0.15) is 19.8 Å². The molecular formula is C15H21N3O2S2. The van der Waals surface area contributed by atoms with E-state index in [1.807, 2.05) is 18.7 Å². The summed E-state index contributed by atoms with van der Waals surface area (Å²) in [5, 5.41) is 2.48. The Bertz CT molecular complexity index is 695.